The minimum atomic E-state index is -1.67. The number of unbranched alkanes of at least 4 members (excludes halogenated alkanes) is 1. The molecular formula is C68H117ClN12O13. The molecule has 534 valence electrons. The summed E-state index contributed by atoms with van der Waals surface area (Å²) in [6, 6.07) is -8.45. The van der Waals surface area contributed by atoms with E-state index in [1.54, 1.807) is 18.9 Å². The molecule has 0 bridgehead atoms. The first-order valence-corrected chi connectivity index (χ1v) is 35.0. The van der Waals surface area contributed by atoms with Crippen LogP contribution in [-0.4, -0.2) is 259 Å². The SMILES string of the molecule is CCCC[C@@H]1NC(=O)[C@H](CC2CCCC(OC)C2)NC(=O)CN(C)C(=O)[C@H](CC2CCC(Cl)CC2)N(C)C(=O)CN(C)C(=O)CN(C)C(=O)[C@H]([C@@H](C)CC)NC(=O)[C@H](CC(C)C)N(C)C(=O)C[C@@H](C(=O)N2CCCC2)N(C)C(=O)[C@H](CC(C)C)NC(=O)C(C)(C)N(C)C1=O. The van der Waals surface area contributed by atoms with Crippen molar-refractivity contribution in [2.75, 3.05) is 89.2 Å². The summed E-state index contributed by atoms with van der Waals surface area (Å²) in [6.45, 7) is 15.3. The average Bonchev–Trinajstić information content (AvgIpc) is 0.899. The maximum atomic E-state index is 15.1. The van der Waals surface area contributed by atoms with Gasteiger partial charge in [-0.15, -0.1) is 11.6 Å². The van der Waals surface area contributed by atoms with Crippen molar-refractivity contribution < 1.29 is 62.3 Å². The number of hydrogen-bond donors (Lipinski definition) is 4. The van der Waals surface area contributed by atoms with Crippen molar-refractivity contribution in [3.63, 3.8) is 0 Å². The van der Waals surface area contributed by atoms with Crippen molar-refractivity contribution in [3.8, 4) is 0 Å². The topological polar surface area (TPSA) is 288 Å². The number of methoxy groups -OCH3 is 1. The van der Waals surface area contributed by atoms with Crippen molar-refractivity contribution in [3.05, 3.63) is 0 Å². The number of alkyl halides is 1. The van der Waals surface area contributed by atoms with Gasteiger partial charge >= 0.3 is 0 Å². The highest BCUT2D eigenvalue weighted by Gasteiger charge is 2.45. The van der Waals surface area contributed by atoms with Gasteiger partial charge in [0.25, 0.3) is 0 Å². The summed E-state index contributed by atoms with van der Waals surface area (Å²) in [5, 5.41) is 11.6. The van der Waals surface area contributed by atoms with Gasteiger partial charge in [0.05, 0.1) is 32.2 Å². The van der Waals surface area contributed by atoms with Crippen LogP contribution in [0.5, 0.6) is 0 Å². The summed E-state index contributed by atoms with van der Waals surface area (Å²) in [5.41, 5.74) is -1.67. The highest BCUT2D eigenvalue weighted by molar-refractivity contribution is 6.20. The van der Waals surface area contributed by atoms with E-state index >= 15 is 4.79 Å². The van der Waals surface area contributed by atoms with Crippen LogP contribution >= 0.6 is 11.6 Å². The van der Waals surface area contributed by atoms with Gasteiger partial charge in [0, 0.05) is 74.9 Å². The molecule has 4 rings (SSSR count). The number of nitrogens with one attached hydrogen (secondary N) is 4. The summed E-state index contributed by atoms with van der Waals surface area (Å²) in [5.74, 6) is -8.41. The highest BCUT2D eigenvalue weighted by atomic mass is 35.5. The first-order chi connectivity index (χ1) is 44.1. The lowest BCUT2D eigenvalue weighted by Crippen LogP contribution is -2.63. The molecule has 4 N–H and O–H groups in total. The van der Waals surface area contributed by atoms with Crippen LogP contribution in [0.2, 0.25) is 0 Å². The Morgan fingerprint density at radius 1 is 0.585 bits per heavy atom. The van der Waals surface area contributed by atoms with Crippen molar-refractivity contribution in [1.29, 1.82) is 0 Å². The predicted molar refractivity (Wildman–Crippen MR) is 359 cm³/mol. The van der Waals surface area contributed by atoms with E-state index in [2.05, 4.69) is 21.3 Å². The van der Waals surface area contributed by atoms with Gasteiger partial charge in [-0.2, -0.15) is 0 Å². The summed E-state index contributed by atoms with van der Waals surface area (Å²) in [6.07, 6.45) is 8.94. The molecule has 2 heterocycles. The monoisotopic (exact) mass is 1340 g/mol. The Hall–Kier alpha value is -6.11. The Labute approximate surface area is 565 Å². The van der Waals surface area contributed by atoms with Gasteiger partial charge in [-0.25, -0.2) is 0 Å². The maximum Gasteiger partial charge on any atom is 0.246 e. The fourth-order valence-electron chi connectivity index (χ4n) is 13.2. The summed E-state index contributed by atoms with van der Waals surface area (Å²) in [7, 11) is 11.6. The number of carbonyl (C=O) groups excluding carboxylic acids is 12. The fraction of sp³-hybridized carbons (Fsp3) is 0.824. The standard InChI is InChI=1S/C68H117ClN12O13/c1-18-20-26-49-63(89)80(16)68(8,9)67(93)72-51(33-42(3)4)62(88)79(15)54(65(91)81-31-21-22-32-81)38-56(83)77(13)52(34-43(5)6)61(87)73-59(44(7)19-2)66(92)76(12)40-57(84)74(10)41-58(85)78(14)53(37-45-27-29-47(69)30-28-45)64(90)75(11)39-55(82)70-50(60(86)71-49)36-46-24-23-25-48(35-46)94-17/h42-54,59H,18-41H2,1-17H3,(H,70,82)(H,71,86)(H,72,93)(H,73,87)/t44-,45?,46?,47?,48?,49-,50-,51-,52-,53-,54-,59-/m0/s1. The quantitative estimate of drug-likeness (QED) is 0.168. The Bertz CT molecular complexity index is 2610. The Morgan fingerprint density at radius 2 is 1.18 bits per heavy atom. The predicted octanol–water partition coefficient (Wildman–Crippen LogP) is 4.16. The van der Waals surface area contributed by atoms with E-state index in [4.69, 9.17) is 16.3 Å². The Balaban J connectivity index is 1.86. The first kappa shape index (κ1) is 80.3. The third-order valence-electron chi connectivity index (χ3n) is 20.1. The smallest absolute Gasteiger partial charge is 0.246 e. The van der Waals surface area contributed by atoms with Gasteiger partial charge in [0.1, 0.15) is 47.8 Å². The minimum absolute atomic E-state index is 0.00990. The van der Waals surface area contributed by atoms with Gasteiger partial charge in [-0.1, -0.05) is 80.6 Å². The van der Waals surface area contributed by atoms with Crippen LogP contribution in [0.15, 0.2) is 0 Å². The molecule has 2 saturated heterocycles. The Morgan fingerprint density at radius 3 is 1.77 bits per heavy atom. The molecule has 4 aliphatic rings. The molecule has 0 aromatic heterocycles. The van der Waals surface area contributed by atoms with Crippen molar-refractivity contribution >= 4 is 82.5 Å². The molecule has 94 heavy (non-hydrogen) atoms. The molecule has 4 fully saturated rings. The first-order valence-electron chi connectivity index (χ1n) is 34.5. The lowest BCUT2D eigenvalue weighted by molar-refractivity contribution is -0.151. The number of hydrogen-bond acceptors (Lipinski definition) is 13. The van der Waals surface area contributed by atoms with E-state index in [0.717, 1.165) is 24.2 Å². The van der Waals surface area contributed by atoms with Crippen LogP contribution in [0.1, 0.15) is 184 Å². The molecule has 0 radical (unpaired) electrons. The van der Waals surface area contributed by atoms with Crippen molar-refractivity contribution in [2.45, 2.75) is 244 Å². The molecule has 2 aliphatic heterocycles. The van der Waals surface area contributed by atoms with Crippen LogP contribution in [-0.2, 0) is 62.3 Å². The zero-order chi connectivity index (χ0) is 70.6. The summed E-state index contributed by atoms with van der Waals surface area (Å²) >= 11 is 6.51. The van der Waals surface area contributed by atoms with Gasteiger partial charge in [-0.05, 0) is 127 Å². The minimum Gasteiger partial charge on any atom is -0.381 e. The van der Waals surface area contributed by atoms with Crippen molar-refractivity contribution in [2.24, 2.45) is 29.6 Å². The number of ether oxygens (including phenoxy) is 1. The second-order valence-corrected chi connectivity index (χ2v) is 29.4. The molecular weight excluding hydrogens is 1230 g/mol. The van der Waals surface area contributed by atoms with Crippen LogP contribution < -0.4 is 21.3 Å². The Kier molecular flexibility index (Phi) is 32.0. The number of amides is 12. The van der Waals surface area contributed by atoms with E-state index < -0.39 is 151 Å². The van der Waals surface area contributed by atoms with Crippen LogP contribution in [0, 0.1) is 29.6 Å². The van der Waals surface area contributed by atoms with Gasteiger partial charge in [0.15, 0.2) is 0 Å². The zero-order valence-corrected chi connectivity index (χ0v) is 60.6. The third kappa shape index (κ3) is 22.8. The molecule has 26 heteroatoms. The molecule has 2 unspecified atom stereocenters. The molecule has 2 saturated carbocycles. The molecule has 0 spiro atoms. The van der Waals surface area contributed by atoms with Gasteiger partial charge in [0.2, 0.25) is 70.9 Å². The number of nitrogens with zero attached hydrogens (tertiary/aromatic N) is 8. The second-order valence-electron chi connectivity index (χ2n) is 28.8. The number of rotatable bonds is 15. The van der Waals surface area contributed by atoms with E-state index in [-0.39, 0.29) is 67.3 Å². The average molecular weight is 1350 g/mol. The van der Waals surface area contributed by atoms with E-state index in [1.165, 1.54) is 92.6 Å². The molecule has 0 aromatic rings. The van der Waals surface area contributed by atoms with E-state index in [0.29, 0.717) is 77.3 Å². The lowest BCUT2D eigenvalue weighted by Gasteiger charge is -2.39. The molecule has 0 aromatic carbocycles. The maximum absolute atomic E-state index is 15.1. The normalized spacial score (nSPS) is 29.0. The van der Waals surface area contributed by atoms with Crippen LogP contribution in [0.4, 0.5) is 0 Å². The molecule has 2 aliphatic carbocycles. The van der Waals surface area contributed by atoms with Crippen LogP contribution in [0.3, 0.4) is 0 Å². The zero-order valence-electron chi connectivity index (χ0n) is 59.8. The molecule has 25 nitrogen and oxygen atoms in total. The van der Waals surface area contributed by atoms with E-state index in [9.17, 15) is 52.7 Å². The molecule has 12 amide bonds. The second kappa shape index (κ2) is 37.4. The lowest BCUT2D eigenvalue weighted by atomic mass is 9.83. The summed E-state index contributed by atoms with van der Waals surface area (Å²) in [4.78, 5) is 186. The van der Waals surface area contributed by atoms with E-state index in [1.807, 2.05) is 41.5 Å². The van der Waals surface area contributed by atoms with Gasteiger partial charge in [-0.3, -0.25) is 57.5 Å². The number of carbonyl (C=O) groups is 12. The summed E-state index contributed by atoms with van der Waals surface area (Å²) < 4.78 is 5.74. The molecule has 10 atom stereocenters. The fourth-order valence-corrected chi connectivity index (χ4v) is 13.5. The number of halogens is 1. The number of likely N-dealkylation sites (N-methyl/N-ethyl adjacent to an activating group) is 7. The van der Waals surface area contributed by atoms with Crippen LogP contribution in [0.25, 0.3) is 0 Å². The third-order valence-corrected chi connectivity index (χ3v) is 20.5. The number of likely N-dealkylation sites (tertiary alicyclic amines) is 1. The largest absolute Gasteiger partial charge is 0.381 e. The van der Waals surface area contributed by atoms with Crippen molar-refractivity contribution in [1.82, 2.24) is 60.5 Å². The highest BCUT2D eigenvalue weighted by Crippen LogP contribution is 2.33. The van der Waals surface area contributed by atoms with Gasteiger partial charge < -0.3 is 65.2 Å².